The van der Waals surface area contributed by atoms with Crippen molar-refractivity contribution in [3.63, 3.8) is 0 Å². The molecule has 1 atom stereocenters. The fraction of sp³-hybridized carbons (Fsp3) is 0.500. The van der Waals surface area contributed by atoms with Gasteiger partial charge in [0.15, 0.2) is 0 Å². The van der Waals surface area contributed by atoms with Crippen LogP contribution in [0, 0.1) is 10.1 Å². The number of ether oxygens (including phenoxy) is 2. The first-order chi connectivity index (χ1) is 11.0. The summed E-state index contributed by atoms with van der Waals surface area (Å²) in [6.45, 7) is 1.42. The number of ketones is 1. The zero-order chi connectivity index (χ0) is 17.2. The highest BCUT2D eigenvalue weighted by Crippen LogP contribution is 2.27. The van der Waals surface area contributed by atoms with E-state index in [2.05, 4.69) is 0 Å². The molecule has 1 unspecified atom stereocenters. The highest BCUT2D eigenvalue weighted by molar-refractivity contribution is 5.75. The SMILES string of the molecule is COC(COC(=O)CCCCC(C)=O)c1ccccc1[N+](=O)[O-]. The number of rotatable bonds is 10. The van der Waals surface area contributed by atoms with E-state index in [1.165, 1.54) is 20.1 Å². The zero-order valence-electron chi connectivity index (χ0n) is 13.3. The number of unbranched alkanes of at least 4 members (excludes halogenated alkanes) is 1. The largest absolute Gasteiger partial charge is 0.463 e. The summed E-state index contributed by atoms with van der Waals surface area (Å²) in [4.78, 5) is 33.0. The van der Waals surface area contributed by atoms with Crippen molar-refractivity contribution >= 4 is 17.4 Å². The van der Waals surface area contributed by atoms with Gasteiger partial charge in [-0.05, 0) is 25.8 Å². The van der Waals surface area contributed by atoms with Crippen LogP contribution < -0.4 is 0 Å². The van der Waals surface area contributed by atoms with E-state index in [-0.39, 0.29) is 24.5 Å². The Labute approximate surface area is 134 Å². The standard InChI is InChI=1S/C16H21NO6/c1-12(18)7-3-6-10-16(19)23-11-15(22-2)13-8-4-5-9-14(13)17(20)21/h4-5,8-9,15H,3,6-7,10-11H2,1-2H3. The van der Waals surface area contributed by atoms with Crippen molar-refractivity contribution in [3.05, 3.63) is 39.9 Å². The number of benzene rings is 1. The normalized spacial score (nSPS) is 11.7. The smallest absolute Gasteiger partial charge is 0.305 e. The molecule has 0 fully saturated rings. The maximum atomic E-state index is 11.7. The molecule has 0 aliphatic heterocycles. The number of nitro groups is 1. The van der Waals surface area contributed by atoms with E-state index in [1.807, 2.05) is 0 Å². The minimum absolute atomic E-state index is 0.0724. The molecule has 0 radical (unpaired) electrons. The van der Waals surface area contributed by atoms with E-state index >= 15 is 0 Å². The van der Waals surface area contributed by atoms with Crippen LogP contribution in [0.15, 0.2) is 24.3 Å². The quantitative estimate of drug-likeness (QED) is 0.284. The van der Waals surface area contributed by atoms with E-state index in [1.54, 1.807) is 18.2 Å². The van der Waals surface area contributed by atoms with Crippen molar-refractivity contribution in [2.24, 2.45) is 0 Å². The molecule has 0 aromatic heterocycles. The Morgan fingerprint density at radius 2 is 1.87 bits per heavy atom. The number of hydrogen-bond donors (Lipinski definition) is 0. The number of carbonyl (C=O) groups is 2. The number of methoxy groups -OCH3 is 1. The van der Waals surface area contributed by atoms with Crippen LogP contribution in [-0.4, -0.2) is 30.4 Å². The van der Waals surface area contributed by atoms with E-state index in [9.17, 15) is 19.7 Å². The maximum absolute atomic E-state index is 11.7. The van der Waals surface area contributed by atoms with Gasteiger partial charge in [-0.15, -0.1) is 0 Å². The fourth-order valence-electron chi connectivity index (χ4n) is 2.09. The Morgan fingerprint density at radius 3 is 2.48 bits per heavy atom. The van der Waals surface area contributed by atoms with Gasteiger partial charge in [0, 0.05) is 26.0 Å². The van der Waals surface area contributed by atoms with Gasteiger partial charge in [0.2, 0.25) is 0 Å². The van der Waals surface area contributed by atoms with Crippen LogP contribution in [0.2, 0.25) is 0 Å². The maximum Gasteiger partial charge on any atom is 0.305 e. The Morgan fingerprint density at radius 1 is 1.22 bits per heavy atom. The lowest BCUT2D eigenvalue weighted by molar-refractivity contribution is -0.386. The van der Waals surface area contributed by atoms with Crippen LogP contribution >= 0.6 is 0 Å². The van der Waals surface area contributed by atoms with E-state index in [4.69, 9.17) is 9.47 Å². The van der Waals surface area contributed by atoms with Crippen molar-refractivity contribution in [2.45, 2.75) is 38.7 Å². The highest BCUT2D eigenvalue weighted by atomic mass is 16.6. The molecule has 0 amide bonds. The first kappa shape index (κ1) is 18.8. The summed E-state index contributed by atoms with van der Waals surface area (Å²) in [5, 5.41) is 11.0. The molecule has 1 aromatic carbocycles. The second-order valence-electron chi connectivity index (χ2n) is 5.13. The summed E-state index contributed by atoms with van der Waals surface area (Å²) >= 11 is 0. The number of Topliss-reactive ketones (excluding diaryl/α,β-unsaturated/α-hetero) is 1. The zero-order valence-corrected chi connectivity index (χ0v) is 13.3. The van der Waals surface area contributed by atoms with Gasteiger partial charge in [-0.2, -0.15) is 0 Å². The number of hydrogen-bond acceptors (Lipinski definition) is 6. The molecule has 126 valence electrons. The highest BCUT2D eigenvalue weighted by Gasteiger charge is 2.22. The predicted octanol–water partition coefficient (Wildman–Crippen LogP) is 2.97. The monoisotopic (exact) mass is 323 g/mol. The molecule has 7 nitrogen and oxygen atoms in total. The molecule has 0 heterocycles. The fourth-order valence-corrected chi connectivity index (χ4v) is 2.09. The Hall–Kier alpha value is -2.28. The van der Waals surface area contributed by atoms with Crippen molar-refractivity contribution in [1.82, 2.24) is 0 Å². The Bertz CT molecular complexity index is 557. The third-order valence-electron chi connectivity index (χ3n) is 3.32. The third-order valence-corrected chi connectivity index (χ3v) is 3.32. The lowest BCUT2D eigenvalue weighted by Gasteiger charge is -2.16. The Kier molecular flexibility index (Phi) is 7.90. The van der Waals surface area contributed by atoms with Gasteiger partial charge in [0.25, 0.3) is 5.69 Å². The summed E-state index contributed by atoms with van der Waals surface area (Å²) in [7, 11) is 1.40. The molecule has 0 spiro atoms. The van der Waals surface area contributed by atoms with E-state index in [0.29, 0.717) is 24.8 Å². The summed E-state index contributed by atoms with van der Waals surface area (Å²) in [6.07, 6.45) is 1.17. The van der Waals surface area contributed by atoms with Crippen molar-refractivity contribution < 1.29 is 24.0 Å². The van der Waals surface area contributed by atoms with Gasteiger partial charge in [-0.25, -0.2) is 0 Å². The summed E-state index contributed by atoms with van der Waals surface area (Å²) in [5.41, 5.74) is 0.293. The van der Waals surface area contributed by atoms with Gasteiger partial charge < -0.3 is 14.3 Å². The van der Waals surface area contributed by atoms with Crippen molar-refractivity contribution in [2.75, 3.05) is 13.7 Å². The number of nitro benzene ring substituents is 1. The third kappa shape index (κ3) is 6.56. The van der Waals surface area contributed by atoms with Crippen LogP contribution in [0.4, 0.5) is 5.69 Å². The molecular formula is C16H21NO6. The second kappa shape index (κ2) is 9.68. The number of esters is 1. The average Bonchev–Trinajstić information content (AvgIpc) is 2.52. The van der Waals surface area contributed by atoms with Gasteiger partial charge >= 0.3 is 5.97 Å². The number of carbonyl (C=O) groups excluding carboxylic acids is 2. The molecule has 1 aromatic rings. The molecule has 0 N–H and O–H groups in total. The van der Waals surface area contributed by atoms with Gasteiger partial charge in [0.05, 0.1) is 10.5 Å². The average molecular weight is 323 g/mol. The molecule has 0 aliphatic carbocycles. The minimum atomic E-state index is -0.697. The topological polar surface area (TPSA) is 95.7 Å². The summed E-state index contributed by atoms with van der Waals surface area (Å²) in [5.74, 6) is -0.316. The van der Waals surface area contributed by atoms with E-state index in [0.717, 1.165) is 0 Å². The second-order valence-corrected chi connectivity index (χ2v) is 5.13. The van der Waals surface area contributed by atoms with Crippen molar-refractivity contribution in [3.8, 4) is 0 Å². The molecule has 0 saturated carbocycles. The van der Waals surface area contributed by atoms with Crippen molar-refractivity contribution in [1.29, 1.82) is 0 Å². The minimum Gasteiger partial charge on any atom is -0.463 e. The lowest BCUT2D eigenvalue weighted by atomic mass is 10.1. The van der Waals surface area contributed by atoms with Crippen LogP contribution in [0.5, 0.6) is 0 Å². The van der Waals surface area contributed by atoms with Gasteiger partial charge in [0.1, 0.15) is 18.5 Å². The van der Waals surface area contributed by atoms with Crippen LogP contribution in [0.1, 0.15) is 44.3 Å². The van der Waals surface area contributed by atoms with Crippen LogP contribution in [0.25, 0.3) is 0 Å². The Balaban J connectivity index is 2.53. The first-order valence-corrected chi connectivity index (χ1v) is 7.37. The summed E-state index contributed by atoms with van der Waals surface area (Å²) in [6, 6.07) is 6.19. The first-order valence-electron chi connectivity index (χ1n) is 7.37. The molecule has 0 aliphatic rings. The molecule has 1 rings (SSSR count). The number of para-hydroxylation sites is 1. The molecule has 0 saturated heterocycles. The number of nitrogens with zero attached hydrogens (tertiary/aromatic N) is 1. The van der Waals surface area contributed by atoms with Gasteiger partial charge in [-0.3, -0.25) is 14.9 Å². The van der Waals surface area contributed by atoms with Crippen LogP contribution in [0.3, 0.4) is 0 Å². The lowest BCUT2D eigenvalue weighted by Crippen LogP contribution is -2.15. The van der Waals surface area contributed by atoms with Gasteiger partial charge in [-0.1, -0.05) is 12.1 Å². The molecule has 23 heavy (non-hydrogen) atoms. The van der Waals surface area contributed by atoms with Crippen LogP contribution in [-0.2, 0) is 19.1 Å². The van der Waals surface area contributed by atoms with E-state index < -0.39 is 17.0 Å². The molecular weight excluding hydrogens is 302 g/mol. The summed E-state index contributed by atoms with van der Waals surface area (Å²) < 4.78 is 10.3. The predicted molar refractivity (Wildman–Crippen MR) is 83.0 cm³/mol. The molecule has 7 heteroatoms. The molecule has 0 bridgehead atoms.